The molecule has 1 aliphatic heterocycles. The van der Waals surface area contributed by atoms with Gasteiger partial charge in [-0.3, -0.25) is 4.79 Å². The van der Waals surface area contributed by atoms with Crippen molar-refractivity contribution in [1.82, 2.24) is 5.32 Å². The second kappa shape index (κ2) is 8.50. The standard InChI is InChI=1S/C26H23FN4O2/c1-31-22-15-5-3-11-19(22)23(18-10-2-4-13-20(18)27)29-24(25(31)32)30-26(33)28-21-14-7-9-16-8-6-12-17(16)21/h2-5,7,9-11,13-15,24H,6,8,12H2,1H3,(H2,28,30,33). The normalized spacial score (nSPS) is 17.0. The number of likely N-dealkylation sites (N-methyl/N-ethyl adjacent to an activating group) is 1. The summed E-state index contributed by atoms with van der Waals surface area (Å²) >= 11 is 0. The van der Waals surface area contributed by atoms with E-state index in [4.69, 9.17) is 0 Å². The van der Waals surface area contributed by atoms with Crippen molar-refractivity contribution in [2.45, 2.75) is 25.4 Å². The second-order valence-electron chi connectivity index (χ2n) is 8.17. The zero-order valence-corrected chi connectivity index (χ0v) is 18.1. The molecule has 3 aromatic rings. The molecule has 0 bridgehead atoms. The summed E-state index contributed by atoms with van der Waals surface area (Å²) < 4.78 is 14.7. The Bertz CT molecular complexity index is 1290. The first-order valence-electron chi connectivity index (χ1n) is 10.9. The second-order valence-corrected chi connectivity index (χ2v) is 8.17. The average Bonchev–Trinajstić information content (AvgIpc) is 3.28. The number of nitrogens with one attached hydrogen (secondary N) is 2. The van der Waals surface area contributed by atoms with E-state index >= 15 is 0 Å². The minimum Gasteiger partial charge on any atom is -0.311 e. The van der Waals surface area contributed by atoms with Crippen molar-refractivity contribution < 1.29 is 14.0 Å². The smallest absolute Gasteiger partial charge is 0.311 e. The van der Waals surface area contributed by atoms with Gasteiger partial charge in [0.15, 0.2) is 0 Å². The Balaban J connectivity index is 1.50. The van der Waals surface area contributed by atoms with Crippen LogP contribution >= 0.6 is 0 Å². The Hall–Kier alpha value is -4.00. The van der Waals surface area contributed by atoms with Gasteiger partial charge in [0.1, 0.15) is 5.82 Å². The van der Waals surface area contributed by atoms with E-state index in [0.717, 1.165) is 30.5 Å². The van der Waals surface area contributed by atoms with Crippen LogP contribution in [-0.2, 0) is 17.6 Å². The molecule has 1 unspecified atom stereocenters. The van der Waals surface area contributed by atoms with Gasteiger partial charge in [0.25, 0.3) is 5.91 Å². The lowest BCUT2D eigenvalue weighted by Crippen LogP contribution is -2.47. The summed E-state index contributed by atoms with van der Waals surface area (Å²) in [4.78, 5) is 32.1. The molecule has 5 rings (SSSR count). The Kier molecular flexibility index (Phi) is 5.38. The van der Waals surface area contributed by atoms with Gasteiger partial charge in [-0.15, -0.1) is 0 Å². The summed E-state index contributed by atoms with van der Waals surface area (Å²) in [7, 11) is 1.62. The molecule has 6 nitrogen and oxygen atoms in total. The Morgan fingerprint density at radius 1 is 1.00 bits per heavy atom. The highest BCUT2D eigenvalue weighted by Gasteiger charge is 2.31. The zero-order chi connectivity index (χ0) is 22.9. The SMILES string of the molecule is CN1C(=O)C(NC(=O)Nc2cccc3c2CCC3)N=C(c2ccccc2F)c2ccccc21. The molecule has 0 saturated heterocycles. The molecular weight excluding hydrogens is 419 g/mol. The Morgan fingerprint density at radius 3 is 2.58 bits per heavy atom. The molecule has 2 N–H and O–H groups in total. The molecule has 3 aromatic carbocycles. The number of anilines is 2. The van der Waals surface area contributed by atoms with Gasteiger partial charge in [-0.2, -0.15) is 0 Å². The summed E-state index contributed by atoms with van der Waals surface area (Å²) in [6.07, 6.45) is 1.74. The third-order valence-corrected chi connectivity index (χ3v) is 6.13. The molecule has 7 heteroatoms. The number of carbonyl (C=O) groups is 2. The average molecular weight is 442 g/mol. The van der Waals surface area contributed by atoms with Gasteiger partial charge >= 0.3 is 6.03 Å². The van der Waals surface area contributed by atoms with Crippen molar-refractivity contribution >= 4 is 29.0 Å². The summed E-state index contributed by atoms with van der Waals surface area (Å²) in [6, 6.07) is 18.8. The van der Waals surface area contributed by atoms with Crippen LogP contribution in [0.15, 0.2) is 71.7 Å². The molecule has 1 atom stereocenters. The number of para-hydroxylation sites is 1. The van der Waals surface area contributed by atoms with Crippen LogP contribution in [0.25, 0.3) is 0 Å². The van der Waals surface area contributed by atoms with Crippen molar-refractivity contribution in [3.05, 3.63) is 94.8 Å². The van der Waals surface area contributed by atoms with Crippen molar-refractivity contribution in [1.29, 1.82) is 0 Å². The number of benzene rings is 3. The topological polar surface area (TPSA) is 73.8 Å². The molecule has 0 fully saturated rings. The summed E-state index contributed by atoms with van der Waals surface area (Å²) in [5.41, 5.74) is 4.87. The lowest BCUT2D eigenvalue weighted by atomic mass is 10.00. The Labute approximate surface area is 191 Å². The first kappa shape index (κ1) is 20.9. The van der Waals surface area contributed by atoms with E-state index in [9.17, 15) is 14.0 Å². The van der Waals surface area contributed by atoms with Gasteiger partial charge in [0.05, 0.1) is 11.4 Å². The van der Waals surface area contributed by atoms with Crippen LogP contribution < -0.4 is 15.5 Å². The van der Waals surface area contributed by atoms with Gasteiger partial charge in [0.2, 0.25) is 6.17 Å². The Morgan fingerprint density at radius 2 is 1.76 bits per heavy atom. The van der Waals surface area contributed by atoms with E-state index in [0.29, 0.717) is 17.0 Å². The first-order chi connectivity index (χ1) is 16.0. The number of urea groups is 1. The predicted molar refractivity (Wildman–Crippen MR) is 126 cm³/mol. The fraction of sp³-hybridized carbons (Fsp3) is 0.192. The molecule has 3 amide bonds. The number of nitrogens with zero attached hydrogens (tertiary/aromatic N) is 2. The molecular formula is C26H23FN4O2. The number of aryl methyl sites for hydroxylation is 1. The number of halogens is 1. The fourth-order valence-electron chi connectivity index (χ4n) is 4.50. The molecule has 0 aromatic heterocycles. The van der Waals surface area contributed by atoms with E-state index in [1.165, 1.54) is 16.5 Å². The van der Waals surface area contributed by atoms with E-state index in [2.05, 4.69) is 21.7 Å². The number of benzodiazepines with no additional fused rings is 1. The number of rotatable bonds is 3. The maximum absolute atomic E-state index is 14.7. The number of carbonyl (C=O) groups excluding carboxylic acids is 2. The van der Waals surface area contributed by atoms with E-state index in [-0.39, 0.29) is 5.56 Å². The molecule has 0 radical (unpaired) electrons. The van der Waals surface area contributed by atoms with Crippen LogP contribution in [0, 0.1) is 5.82 Å². The number of hydrogen-bond donors (Lipinski definition) is 2. The number of fused-ring (bicyclic) bond motifs is 2. The molecule has 2 aliphatic rings. The molecule has 166 valence electrons. The highest BCUT2D eigenvalue weighted by Crippen LogP contribution is 2.30. The van der Waals surface area contributed by atoms with E-state index in [1.54, 1.807) is 43.4 Å². The minimum atomic E-state index is -1.21. The van der Waals surface area contributed by atoms with Crippen molar-refractivity contribution in [2.24, 2.45) is 4.99 Å². The number of aliphatic imine (C=N–C) groups is 1. The molecule has 0 spiro atoms. The third-order valence-electron chi connectivity index (χ3n) is 6.13. The van der Waals surface area contributed by atoms with Crippen molar-refractivity contribution in [3.63, 3.8) is 0 Å². The van der Waals surface area contributed by atoms with Gasteiger partial charge in [-0.25, -0.2) is 14.2 Å². The van der Waals surface area contributed by atoms with E-state index in [1.807, 2.05) is 18.2 Å². The van der Waals surface area contributed by atoms with Crippen molar-refractivity contribution in [2.75, 3.05) is 17.3 Å². The maximum atomic E-state index is 14.7. The monoisotopic (exact) mass is 442 g/mol. The van der Waals surface area contributed by atoms with Gasteiger partial charge in [-0.05, 0) is 54.7 Å². The van der Waals surface area contributed by atoms with Gasteiger partial charge in [-0.1, -0.05) is 42.5 Å². The summed E-state index contributed by atoms with van der Waals surface area (Å²) in [6.45, 7) is 0. The lowest BCUT2D eigenvalue weighted by Gasteiger charge is -2.21. The number of amides is 3. The van der Waals surface area contributed by atoms with Crippen LogP contribution in [0.1, 0.15) is 28.7 Å². The highest BCUT2D eigenvalue weighted by atomic mass is 19.1. The number of hydrogen-bond acceptors (Lipinski definition) is 3. The molecule has 33 heavy (non-hydrogen) atoms. The van der Waals surface area contributed by atoms with Crippen LogP contribution in [-0.4, -0.2) is 30.9 Å². The maximum Gasteiger partial charge on any atom is 0.321 e. The summed E-state index contributed by atoms with van der Waals surface area (Å²) in [5.74, 6) is -0.867. The largest absolute Gasteiger partial charge is 0.321 e. The third kappa shape index (κ3) is 3.86. The minimum absolute atomic E-state index is 0.265. The van der Waals surface area contributed by atoms with E-state index < -0.39 is 23.9 Å². The van der Waals surface area contributed by atoms with Crippen molar-refractivity contribution in [3.8, 4) is 0 Å². The summed E-state index contributed by atoms with van der Waals surface area (Å²) in [5, 5.41) is 5.55. The molecule has 1 aliphatic carbocycles. The first-order valence-corrected chi connectivity index (χ1v) is 10.9. The lowest BCUT2D eigenvalue weighted by molar-refractivity contribution is -0.119. The van der Waals surface area contributed by atoms with Gasteiger partial charge < -0.3 is 15.5 Å². The fourth-order valence-corrected chi connectivity index (χ4v) is 4.50. The van der Waals surface area contributed by atoms with Crippen LogP contribution in [0.2, 0.25) is 0 Å². The zero-order valence-electron chi connectivity index (χ0n) is 18.1. The van der Waals surface area contributed by atoms with Crippen LogP contribution in [0.5, 0.6) is 0 Å². The van der Waals surface area contributed by atoms with Crippen LogP contribution in [0.3, 0.4) is 0 Å². The highest BCUT2D eigenvalue weighted by molar-refractivity contribution is 6.20. The van der Waals surface area contributed by atoms with Crippen LogP contribution in [0.4, 0.5) is 20.6 Å². The molecule has 1 heterocycles. The van der Waals surface area contributed by atoms with Gasteiger partial charge in [0, 0.05) is 23.9 Å². The molecule has 0 saturated carbocycles. The quantitative estimate of drug-likeness (QED) is 0.636. The predicted octanol–water partition coefficient (Wildman–Crippen LogP) is 4.28.